The van der Waals surface area contributed by atoms with Crippen LogP contribution in [-0.4, -0.2) is 17.2 Å². The molecule has 0 atom stereocenters. The Kier molecular flexibility index (Phi) is 6.18. The summed E-state index contributed by atoms with van der Waals surface area (Å²) in [6.07, 6.45) is 0. The summed E-state index contributed by atoms with van der Waals surface area (Å²) in [6, 6.07) is 14.7. The number of hydrogen-bond donors (Lipinski definition) is 1. The molecule has 2 N–H and O–H groups in total. The van der Waals surface area contributed by atoms with Crippen molar-refractivity contribution in [2.45, 2.75) is 52.9 Å². The van der Waals surface area contributed by atoms with Gasteiger partial charge in [0.25, 0.3) is 0 Å². The molecule has 2 aromatic rings. The van der Waals surface area contributed by atoms with E-state index < -0.39 is 0 Å². The number of aliphatic imine (C=N–C) groups is 1. The van der Waals surface area contributed by atoms with Gasteiger partial charge in [-0.2, -0.15) is 0 Å². The fourth-order valence-corrected chi connectivity index (χ4v) is 6.26. The Morgan fingerprint density at radius 1 is 0.875 bits per heavy atom. The molecule has 128 valence electrons. The van der Waals surface area contributed by atoms with Gasteiger partial charge in [0.1, 0.15) is 5.84 Å². The number of benzene rings is 2. The lowest BCUT2D eigenvalue weighted by Gasteiger charge is -2.28. The van der Waals surface area contributed by atoms with Gasteiger partial charge in [0.15, 0.2) is 0 Å². The molecule has 0 aliphatic heterocycles. The second kappa shape index (κ2) is 7.94. The third-order valence-electron chi connectivity index (χ3n) is 4.24. The predicted molar refractivity (Wildman–Crippen MR) is 110 cm³/mol. The summed E-state index contributed by atoms with van der Waals surface area (Å²) >= 11 is 0. The average molecular weight is 340 g/mol. The largest absolute Gasteiger partial charge is 0.383 e. The molecule has 0 saturated carbocycles. The maximum Gasteiger partial charge on any atom is 0.132 e. The summed E-state index contributed by atoms with van der Waals surface area (Å²) in [4.78, 5) is 4.79. The van der Waals surface area contributed by atoms with E-state index in [4.69, 9.17) is 10.7 Å². The maximum absolute atomic E-state index is 6.46. The molecule has 0 heterocycles. The van der Waals surface area contributed by atoms with Gasteiger partial charge in [-0.25, -0.2) is 4.99 Å². The van der Waals surface area contributed by atoms with Crippen molar-refractivity contribution in [3.05, 3.63) is 59.2 Å². The van der Waals surface area contributed by atoms with Crippen LogP contribution in [0.15, 0.2) is 47.5 Å². The standard InChI is InChI=1S/C21H29N2P/c1-14(2)24(15(3)4)19-13-8-7-12-18(19)21(22)23-20-16(5)10-9-11-17(20)6/h7-15H,1-6H3,(H2,22,23). The summed E-state index contributed by atoms with van der Waals surface area (Å²) in [5, 5.41) is 1.37. The number of rotatable bonds is 5. The van der Waals surface area contributed by atoms with Gasteiger partial charge in [-0.3, -0.25) is 0 Å². The first kappa shape index (κ1) is 18.7. The molecular weight excluding hydrogens is 311 g/mol. The normalized spacial score (nSPS) is 12.5. The number of aryl methyl sites for hydroxylation is 2. The molecule has 0 unspecified atom stereocenters. The predicted octanol–water partition coefficient (Wildman–Crippen LogP) is 5.26. The third-order valence-corrected chi connectivity index (χ3v) is 7.41. The van der Waals surface area contributed by atoms with Gasteiger partial charge in [0, 0.05) is 5.56 Å². The molecule has 2 nitrogen and oxygen atoms in total. The second-order valence-corrected chi connectivity index (χ2v) is 10.2. The van der Waals surface area contributed by atoms with Gasteiger partial charge >= 0.3 is 0 Å². The van der Waals surface area contributed by atoms with Gasteiger partial charge in [-0.05, 0) is 41.6 Å². The first-order valence-corrected chi connectivity index (χ1v) is 10.1. The van der Waals surface area contributed by atoms with Crippen molar-refractivity contribution in [1.82, 2.24) is 0 Å². The summed E-state index contributed by atoms with van der Waals surface area (Å²) in [5.74, 6) is 0.622. The topological polar surface area (TPSA) is 38.4 Å². The number of nitrogens with zero attached hydrogens (tertiary/aromatic N) is 1. The minimum atomic E-state index is -0.278. The molecule has 0 spiro atoms. The average Bonchev–Trinajstić information content (AvgIpc) is 2.50. The van der Waals surface area contributed by atoms with E-state index in [1.165, 1.54) is 5.30 Å². The van der Waals surface area contributed by atoms with Gasteiger partial charge < -0.3 is 5.73 Å². The molecule has 0 aliphatic rings. The smallest absolute Gasteiger partial charge is 0.132 e. The molecule has 3 heteroatoms. The molecule has 2 aromatic carbocycles. The maximum atomic E-state index is 6.46. The van der Waals surface area contributed by atoms with E-state index in [1.807, 2.05) is 0 Å². The van der Waals surface area contributed by atoms with Crippen LogP contribution < -0.4 is 11.0 Å². The Balaban J connectivity index is 2.55. The fraction of sp³-hybridized carbons (Fsp3) is 0.381. The van der Waals surface area contributed by atoms with Crippen molar-refractivity contribution in [3.8, 4) is 0 Å². The second-order valence-electron chi connectivity index (χ2n) is 6.85. The molecule has 0 aliphatic carbocycles. The van der Waals surface area contributed by atoms with E-state index in [-0.39, 0.29) is 7.92 Å². The highest BCUT2D eigenvalue weighted by molar-refractivity contribution is 7.67. The van der Waals surface area contributed by atoms with Crippen molar-refractivity contribution < 1.29 is 0 Å². The molecule has 0 radical (unpaired) electrons. The summed E-state index contributed by atoms with van der Waals surface area (Å²) in [6.45, 7) is 13.4. The Morgan fingerprint density at radius 2 is 1.42 bits per heavy atom. The van der Waals surface area contributed by atoms with Crippen LogP contribution in [0.4, 0.5) is 5.69 Å². The lowest BCUT2D eigenvalue weighted by molar-refractivity contribution is 1.02. The van der Waals surface area contributed by atoms with E-state index in [1.54, 1.807) is 0 Å². The molecule has 0 saturated heterocycles. The van der Waals surface area contributed by atoms with Crippen LogP contribution >= 0.6 is 7.92 Å². The Hall–Kier alpha value is -1.66. The van der Waals surface area contributed by atoms with E-state index in [2.05, 4.69) is 84.0 Å². The van der Waals surface area contributed by atoms with Crippen molar-refractivity contribution >= 4 is 24.7 Å². The number of para-hydroxylation sites is 1. The molecule has 0 fully saturated rings. The molecule has 0 bridgehead atoms. The van der Waals surface area contributed by atoms with Crippen LogP contribution in [0.2, 0.25) is 0 Å². The molecule has 0 aromatic heterocycles. The van der Waals surface area contributed by atoms with Gasteiger partial charge in [-0.1, -0.05) is 78.1 Å². The zero-order chi connectivity index (χ0) is 17.9. The Morgan fingerprint density at radius 3 is 1.96 bits per heavy atom. The highest BCUT2D eigenvalue weighted by Crippen LogP contribution is 2.45. The first-order valence-electron chi connectivity index (χ1n) is 8.61. The van der Waals surface area contributed by atoms with Crippen molar-refractivity contribution in [1.29, 1.82) is 0 Å². The van der Waals surface area contributed by atoms with Crippen LogP contribution in [-0.2, 0) is 0 Å². The highest BCUT2D eigenvalue weighted by atomic mass is 31.1. The molecule has 2 rings (SSSR count). The zero-order valence-corrected chi connectivity index (χ0v) is 16.6. The van der Waals surface area contributed by atoms with Crippen LogP contribution in [0.3, 0.4) is 0 Å². The summed E-state index contributed by atoms with van der Waals surface area (Å²) in [7, 11) is -0.278. The minimum Gasteiger partial charge on any atom is -0.383 e. The monoisotopic (exact) mass is 340 g/mol. The van der Waals surface area contributed by atoms with Gasteiger partial charge in [-0.15, -0.1) is 0 Å². The summed E-state index contributed by atoms with van der Waals surface area (Å²) < 4.78 is 0. The lowest BCUT2D eigenvalue weighted by Crippen LogP contribution is -2.25. The quantitative estimate of drug-likeness (QED) is 0.450. The molecule has 0 amide bonds. The van der Waals surface area contributed by atoms with Crippen LogP contribution in [0.25, 0.3) is 0 Å². The van der Waals surface area contributed by atoms with E-state index in [9.17, 15) is 0 Å². The van der Waals surface area contributed by atoms with Crippen LogP contribution in [0.1, 0.15) is 44.4 Å². The molecular formula is C21H29N2P. The number of amidine groups is 1. The van der Waals surface area contributed by atoms with E-state index in [0.717, 1.165) is 22.4 Å². The number of hydrogen-bond acceptors (Lipinski definition) is 1. The highest BCUT2D eigenvalue weighted by Gasteiger charge is 2.22. The number of nitrogens with two attached hydrogens (primary N) is 1. The lowest BCUT2D eigenvalue weighted by atomic mass is 10.1. The van der Waals surface area contributed by atoms with Crippen LogP contribution in [0, 0.1) is 13.8 Å². The molecule has 24 heavy (non-hydrogen) atoms. The summed E-state index contributed by atoms with van der Waals surface area (Å²) in [5.41, 5.74) is 12.1. The van der Waals surface area contributed by atoms with Gasteiger partial charge in [0.05, 0.1) is 5.69 Å². The van der Waals surface area contributed by atoms with Crippen molar-refractivity contribution in [2.75, 3.05) is 0 Å². The van der Waals surface area contributed by atoms with Crippen LogP contribution in [0.5, 0.6) is 0 Å². The SMILES string of the molecule is Cc1cccc(C)c1N=C(N)c1ccccc1P(C(C)C)C(C)C. The zero-order valence-electron chi connectivity index (χ0n) is 15.7. The van der Waals surface area contributed by atoms with Gasteiger partial charge in [0.2, 0.25) is 0 Å². The van der Waals surface area contributed by atoms with Crippen molar-refractivity contribution in [3.63, 3.8) is 0 Å². The minimum absolute atomic E-state index is 0.278. The Bertz CT molecular complexity index is 704. The van der Waals surface area contributed by atoms with Crippen molar-refractivity contribution in [2.24, 2.45) is 10.7 Å². The first-order chi connectivity index (χ1) is 11.3. The van der Waals surface area contributed by atoms with E-state index >= 15 is 0 Å². The Labute approximate surface area is 148 Å². The van der Waals surface area contributed by atoms with E-state index in [0.29, 0.717) is 17.2 Å². The fourth-order valence-electron chi connectivity index (χ4n) is 3.23. The third kappa shape index (κ3) is 4.05.